The molecule has 0 aliphatic heterocycles. The first-order valence-electron chi connectivity index (χ1n) is 6.95. The van der Waals surface area contributed by atoms with E-state index in [0.29, 0.717) is 12.5 Å². The topological polar surface area (TPSA) is 69.6 Å². The van der Waals surface area contributed by atoms with Gasteiger partial charge >= 0.3 is 0 Å². The molecule has 4 nitrogen and oxygen atoms in total. The van der Waals surface area contributed by atoms with Gasteiger partial charge in [0.15, 0.2) is 0 Å². The van der Waals surface area contributed by atoms with Crippen molar-refractivity contribution >= 4 is 5.91 Å². The lowest BCUT2D eigenvalue weighted by atomic mass is 9.98. The van der Waals surface area contributed by atoms with Gasteiger partial charge in [-0.05, 0) is 55.6 Å². The van der Waals surface area contributed by atoms with Gasteiger partial charge in [-0.25, -0.2) is 0 Å². The first-order valence-corrected chi connectivity index (χ1v) is 6.95. The van der Waals surface area contributed by atoms with E-state index in [-0.39, 0.29) is 23.0 Å². The van der Waals surface area contributed by atoms with Crippen LogP contribution in [0.1, 0.15) is 36.0 Å². The zero-order chi connectivity index (χ0) is 13.4. The molecule has 0 atom stereocenters. The summed E-state index contributed by atoms with van der Waals surface area (Å²) in [4.78, 5) is 12.0. The third kappa shape index (κ3) is 2.83. The van der Waals surface area contributed by atoms with E-state index in [9.17, 15) is 15.0 Å². The fourth-order valence-electron chi connectivity index (χ4n) is 2.78. The first-order chi connectivity index (χ1) is 9.15. The van der Waals surface area contributed by atoms with E-state index in [0.717, 1.165) is 11.8 Å². The number of amides is 1. The monoisotopic (exact) mass is 261 g/mol. The van der Waals surface area contributed by atoms with Gasteiger partial charge in [0.2, 0.25) is 0 Å². The summed E-state index contributed by atoms with van der Waals surface area (Å²) >= 11 is 0. The summed E-state index contributed by atoms with van der Waals surface area (Å²) < 4.78 is 0. The van der Waals surface area contributed by atoms with Gasteiger partial charge in [0.25, 0.3) is 5.91 Å². The van der Waals surface area contributed by atoms with E-state index in [4.69, 9.17) is 0 Å². The van der Waals surface area contributed by atoms with Crippen molar-refractivity contribution in [3.05, 3.63) is 23.8 Å². The minimum Gasteiger partial charge on any atom is -0.508 e. The standard InChI is InChI=1S/C15H19NO3/c17-11-5-6-12(14(18)7-11)15(19)16-8-13(9-1-2-9)10-3-4-10/h5-7,9-10,13,17-18H,1-4,8H2,(H,16,19). The Morgan fingerprint density at radius 1 is 1.21 bits per heavy atom. The van der Waals surface area contributed by atoms with Gasteiger partial charge in [-0.3, -0.25) is 4.79 Å². The van der Waals surface area contributed by atoms with Crippen molar-refractivity contribution in [2.75, 3.05) is 6.54 Å². The number of carbonyl (C=O) groups excluding carboxylic acids is 1. The lowest BCUT2D eigenvalue weighted by molar-refractivity contribution is 0.0940. The average Bonchev–Trinajstić information content (AvgIpc) is 3.23. The van der Waals surface area contributed by atoms with Crippen LogP contribution in [0.5, 0.6) is 11.5 Å². The molecular weight excluding hydrogens is 242 g/mol. The second-order valence-corrected chi connectivity index (χ2v) is 5.75. The van der Waals surface area contributed by atoms with Crippen molar-refractivity contribution < 1.29 is 15.0 Å². The number of aromatic hydroxyl groups is 2. The largest absolute Gasteiger partial charge is 0.508 e. The maximum atomic E-state index is 12.0. The van der Waals surface area contributed by atoms with Crippen molar-refractivity contribution in [1.29, 1.82) is 0 Å². The Labute approximate surface area is 112 Å². The highest BCUT2D eigenvalue weighted by molar-refractivity contribution is 5.96. The number of rotatable bonds is 5. The average molecular weight is 261 g/mol. The SMILES string of the molecule is O=C(NCC(C1CC1)C1CC1)c1ccc(O)cc1O. The van der Waals surface area contributed by atoms with E-state index >= 15 is 0 Å². The Hall–Kier alpha value is -1.71. The van der Waals surface area contributed by atoms with E-state index in [2.05, 4.69) is 5.32 Å². The summed E-state index contributed by atoms with van der Waals surface area (Å²) in [5.41, 5.74) is 0.225. The van der Waals surface area contributed by atoms with Gasteiger partial charge in [-0.2, -0.15) is 0 Å². The van der Waals surface area contributed by atoms with Gasteiger partial charge in [-0.1, -0.05) is 0 Å². The highest BCUT2D eigenvalue weighted by Crippen LogP contribution is 2.48. The van der Waals surface area contributed by atoms with Crippen LogP contribution in [0.25, 0.3) is 0 Å². The Morgan fingerprint density at radius 3 is 2.37 bits per heavy atom. The zero-order valence-electron chi connectivity index (χ0n) is 10.8. The number of phenolic OH excluding ortho intramolecular Hbond substituents is 2. The van der Waals surface area contributed by atoms with E-state index in [1.807, 2.05) is 0 Å². The van der Waals surface area contributed by atoms with Crippen molar-refractivity contribution in [2.45, 2.75) is 25.7 Å². The molecule has 1 aromatic carbocycles. The van der Waals surface area contributed by atoms with Crippen molar-refractivity contribution in [3.8, 4) is 11.5 Å². The molecule has 0 radical (unpaired) electrons. The molecule has 2 saturated carbocycles. The molecule has 102 valence electrons. The minimum atomic E-state index is -0.260. The summed E-state index contributed by atoms with van der Waals surface area (Å²) in [5, 5.41) is 21.8. The summed E-state index contributed by atoms with van der Waals surface area (Å²) in [6.45, 7) is 0.703. The highest BCUT2D eigenvalue weighted by Gasteiger charge is 2.41. The minimum absolute atomic E-state index is 0.0390. The highest BCUT2D eigenvalue weighted by atomic mass is 16.3. The molecule has 0 saturated heterocycles. The number of hydrogen-bond acceptors (Lipinski definition) is 3. The predicted molar refractivity (Wildman–Crippen MR) is 71.0 cm³/mol. The molecule has 0 bridgehead atoms. The second kappa shape index (κ2) is 4.76. The molecule has 0 heterocycles. The van der Waals surface area contributed by atoms with Crippen LogP contribution in [0.15, 0.2) is 18.2 Å². The summed E-state index contributed by atoms with van der Waals surface area (Å²) in [6.07, 6.45) is 5.17. The number of hydrogen-bond donors (Lipinski definition) is 3. The normalized spacial score (nSPS) is 18.6. The van der Waals surface area contributed by atoms with Crippen molar-refractivity contribution in [3.63, 3.8) is 0 Å². The van der Waals surface area contributed by atoms with Gasteiger partial charge in [0.05, 0.1) is 5.56 Å². The Bertz CT molecular complexity index is 480. The van der Waals surface area contributed by atoms with Crippen LogP contribution >= 0.6 is 0 Å². The smallest absolute Gasteiger partial charge is 0.255 e. The summed E-state index contributed by atoms with van der Waals surface area (Å²) in [7, 11) is 0. The molecule has 2 aliphatic rings. The molecule has 2 aliphatic carbocycles. The number of carbonyl (C=O) groups is 1. The Kier molecular flexibility index (Phi) is 3.09. The van der Waals surface area contributed by atoms with Crippen LogP contribution < -0.4 is 5.32 Å². The third-order valence-electron chi connectivity index (χ3n) is 4.18. The molecule has 1 amide bonds. The van der Waals surface area contributed by atoms with Gasteiger partial charge < -0.3 is 15.5 Å². The van der Waals surface area contributed by atoms with E-state index in [1.165, 1.54) is 43.9 Å². The molecule has 1 aromatic rings. The Balaban J connectivity index is 1.61. The second-order valence-electron chi connectivity index (χ2n) is 5.75. The molecule has 0 unspecified atom stereocenters. The summed E-state index contributed by atoms with van der Waals surface area (Å²) in [6, 6.07) is 4.05. The molecule has 3 rings (SSSR count). The lowest BCUT2D eigenvalue weighted by Gasteiger charge is -2.16. The fraction of sp³-hybridized carbons (Fsp3) is 0.533. The van der Waals surface area contributed by atoms with Crippen LogP contribution in [0, 0.1) is 17.8 Å². The van der Waals surface area contributed by atoms with Gasteiger partial charge in [0.1, 0.15) is 11.5 Å². The van der Waals surface area contributed by atoms with E-state index < -0.39 is 0 Å². The molecule has 4 heteroatoms. The molecule has 0 spiro atoms. The fourth-order valence-corrected chi connectivity index (χ4v) is 2.78. The van der Waals surface area contributed by atoms with Gasteiger partial charge in [-0.15, -0.1) is 0 Å². The van der Waals surface area contributed by atoms with Crippen LogP contribution in [0.4, 0.5) is 0 Å². The molecule has 3 N–H and O–H groups in total. The molecule has 19 heavy (non-hydrogen) atoms. The maximum absolute atomic E-state index is 12.0. The number of nitrogens with one attached hydrogen (secondary N) is 1. The molecular formula is C15H19NO3. The third-order valence-corrected chi connectivity index (χ3v) is 4.18. The number of phenols is 2. The maximum Gasteiger partial charge on any atom is 0.255 e. The van der Waals surface area contributed by atoms with Crippen molar-refractivity contribution in [2.24, 2.45) is 17.8 Å². The van der Waals surface area contributed by atoms with Crippen LogP contribution in [0.3, 0.4) is 0 Å². The van der Waals surface area contributed by atoms with Crippen molar-refractivity contribution in [1.82, 2.24) is 5.32 Å². The predicted octanol–water partition coefficient (Wildman–Crippen LogP) is 2.26. The van der Waals surface area contributed by atoms with Crippen LogP contribution in [-0.4, -0.2) is 22.7 Å². The molecule has 0 aromatic heterocycles. The van der Waals surface area contributed by atoms with Crippen LogP contribution in [0.2, 0.25) is 0 Å². The van der Waals surface area contributed by atoms with E-state index in [1.54, 1.807) is 0 Å². The first kappa shape index (κ1) is 12.3. The summed E-state index contributed by atoms with van der Waals surface area (Å²) in [5.74, 6) is 1.73. The lowest BCUT2D eigenvalue weighted by Crippen LogP contribution is -2.31. The molecule has 2 fully saturated rings. The quantitative estimate of drug-likeness (QED) is 0.761. The number of benzene rings is 1. The Morgan fingerprint density at radius 2 is 1.84 bits per heavy atom. The zero-order valence-corrected chi connectivity index (χ0v) is 10.8. The van der Waals surface area contributed by atoms with Gasteiger partial charge in [0, 0.05) is 12.6 Å². The van der Waals surface area contributed by atoms with Crippen LogP contribution in [-0.2, 0) is 0 Å².